The van der Waals surface area contributed by atoms with Gasteiger partial charge in [0.2, 0.25) is 5.91 Å². The highest BCUT2D eigenvalue weighted by atomic mass is 16.1. The van der Waals surface area contributed by atoms with Gasteiger partial charge in [-0.05, 0) is 43.0 Å². The summed E-state index contributed by atoms with van der Waals surface area (Å²) in [5, 5.41) is 2.16. The predicted molar refractivity (Wildman–Crippen MR) is 83.0 cm³/mol. The highest BCUT2D eigenvalue weighted by Gasteiger charge is 2.13. The molecule has 0 spiro atoms. The Hall–Kier alpha value is -2.75. The van der Waals surface area contributed by atoms with Crippen LogP contribution in [0.3, 0.4) is 0 Å². The second-order valence-electron chi connectivity index (χ2n) is 5.09. The summed E-state index contributed by atoms with van der Waals surface area (Å²) in [6.45, 7) is 3.74. The zero-order valence-corrected chi connectivity index (χ0v) is 11.9. The van der Waals surface area contributed by atoms with Crippen LogP contribution in [0.1, 0.15) is 21.6 Å². The van der Waals surface area contributed by atoms with E-state index in [2.05, 4.69) is 16.0 Å². The van der Waals surface area contributed by atoms with Gasteiger partial charge >= 0.3 is 0 Å². The molecule has 1 amide bonds. The molecule has 0 aliphatic heterocycles. The van der Waals surface area contributed by atoms with E-state index < -0.39 is 5.91 Å². The molecular formula is C17H15N3O. The Morgan fingerprint density at radius 2 is 1.90 bits per heavy atom. The summed E-state index contributed by atoms with van der Waals surface area (Å²) in [4.78, 5) is 20.2. The molecule has 104 valence electrons. The summed E-state index contributed by atoms with van der Waals surface area (Å²) in [7, 11) is 0. The number of pyridine rings is 2. The molecule has 3 rings (SSSR count). The van der Waals surface area contributed by atoms with Crippen LogP contribution in [0.5, 0.6) is 0 Å². The Kier molecular flexibility index (Phi) is 3.14. The van der Waals surface area contributed by atoms with E-state index in [1.54, 1.807) is 12.3 Å². The maximum Gasteiger partial charge on any atom is 0.249 e. The van der Waals surface area contributed by atoms with Crippen LogP contribution in [-0.2, 0) is 0 Å². The third-order valence-electron chi connectivity index (χ3n) is 3.58. The summed E-state index contributed by atoms with van der Waals surface area (Å²) in [5.41, 5.74) is 9.31. The van der Waals surface area contributed by atoms with E-state index >= 15 is 0 Å². The Balaban J connectivity index is 2.24. The maximum absolute atomic E-state index is 11.6. The second-order valence-corrected chi connectivity index (χ2v) is 5.09. The molecule has 21 heavy (non-hydrogen) atoms. The minimum absolute atomic E-state index is 0.427. The van der Waals surface area contributed by atoms with Crippen molar-refractivity contribution in [2.45, 2.75) is 13.8 Å². The zero-order valence-electron chi connectivity index (χ0n) is 11.9. The van der Waals surface area contributed by atoms with Crippen LogP contribution in [0.25, 0.3) is 22.0 Å². The van der Waals surface area contributed by atoms with Crippen molar-refractivity contribution in [2.24, 2.45) is 5.73 Å². The van der Waals surface area contributed by atoms with Crippen molar-refractivity contribution in [1.29, 1.82) is 0 Å². The molecule has 3 aromatic rings. The van der Waals surface area contributed by atoms with Crippen molar-refractivity contribution in [3.63, 3.8) is 0 Å². The number of carbonyl (C=O) groups is 1. The lowest BCUT2D eigenvalue weighted by Crippen LogP contribution is -2.14. The van der Waals surface area contributed by atoms with Gasteiger partial charge in [0.1, 0.15) is 0 Å². The molecule has 2 heterocycles. The number of benzene rings is 1. The largest absolute Gasteiger partial charge is 0.366 e. The van der Waals surface area contributed by atoms with Crippen molar-refractivity contribution >= 4 is 16.7 Å². The topological polar surface area (TPSA) is 68.9 Å². The van der Waals surface area contributed by atoms with Crippen molar-refractivity contribution < 1.29 is 4.79 Å². The van der Waals surface area contributed by atoms with Gasteiger partial charge in [-0.25, -0.2) is 0 Å². The van der Waals surface area contributed by atoms with Gasteiger partial charge in [0, 0.05) is 34.6 Å². The van der Waals surface area contributed by atoms with Crippen LogP contribution in [0.2, 0.25) is 0 Å². The highest BCUT2D eigenvalue weighted by molar-refractivity contribution is 5.96. The van der Waals surface area contributed by atoms with E-state index in [9.17, 15) is 4.79 Å². The van der Waals surface area contributed by atoms with Crippen LogP contribution >= 0.6 is 0 Å². The lowest BCUT2D eigenvalue weighted by molar-refractivity contribution is 0.0999. The van der Waals surface area contributed by atoms with Crippen LogP contribution < -0.4 is 5.73 Å². The first-order valence-electron chi connectivity index (χ1n) is 6.68. The standard InChI is InChI=1S/C17H15N3O/c1-10-7-15(17(18)21)11(2)16(20-10)13-3-4-14-9-19-6-5-12(14)8-13/h3-9H,1-2H3,(H2,18,21). The van der Waals surface area contributed by atoms with E-state index in [0.29, 0.717) is 5.56 Å². The zero-order chi connectivity index (χ0) is 15.0. The van der Waals surface area contributed by atoms with E-state index in [-0.39, 0.29) is 0 Å². The molecule has 1 aromatic carbocycles. The Labute approximate surface area is 122 Å². The first kappa shape index (κ1) is 13.2. The minimum atomic E-state index is -0.427. The highest BCUT2D eigenvalue weighted by Crippen LogP contribution is 2.27. The maximum atomic E-state index is 11.6. The molecule has 0 saturated heterocycles. The summed E-state index contributed by atoms with van der Waals surface area (Å²) in [6.07, 6.45) is 3.59. The third-order valence-corrected chi connectivity index (χ3v) is 3.58. The molecule has 2 N–H and O–H groups in total. The normalized spacial score (nSPS) is 10.8. The molecule has 4 nitrogen and oxygen atoms in total. The summed E-state index contributed by atoms with van der Waals surface area (Å²) in [6, 6.07) is 9.73. The lowest BCUT2D eigenvalue weighted by Gasteiger charge is -2.11. The van der Waals surface area contributed by atoms with Gasteiger partial charge in [-0.1, -0.05) is 12.1 Å². The van der Waals surface area contributed by atoms with E-state index in [1.165, 1.54) is 0 Å². The van der Waals surface area contributed by atoms with E-state index in [1.807, 2.05) is 38.2 Å². The smallest absolute Gasteiger partial charge is 0.249 e. The fourth-order valence-electron chi connectivity index (χ4n) is 2.50. The van der Waals surface area contributed by atoms with Crippen LogP contribution in [0.4, 0.5) is 0 Å². The van der Waals surface area contributed by atoms with Gasteiger partial charge in [0.05, 0.1) is 5.69 Å². The number of nitrogens with two attached hydrogens (primary N) is 1. The summed E-state index contributed by atoms with van der Waals surface area (Å²) in [5.74, 6) is -0.427. The van der Waals surface area contributed by atoms with E-state index in [4.69, 9.17) is 5.73 Å². The fourth-order valence-corrected chi connectivity index (χ4v) is 2.50. The number of nitrogens with zero attached hydrogens (tertiary/aromatic N) is 2. The Morgan fingerprint density at radius 3 is 2.67 bits per heavy atom. The number of fused-ring (bicyclic) bond motifs is 1. The van der Waals surface area contributed by atoms with Gasteiger partial charge in [-0.15, -0.1) is 0 Å². The van der Waals surface area contributed by atoms with Crippen LogP contribution in [-0.4, -0.2) is 15.9 Å². The van der Waals surface area contributed by atoms with Crippen molar-refractivity contribution in [3.8, 4) is 11.3 Å². The molecule has 0 aliphatic rings. The second kappa shape index (κ2) is 4.98. The predicted octanol–water partition coefficient (Wildman–Crippen LogP) is 3.01. The minimum Gasteiger partial charge on any atom is -0.366 e. The molecule has 0 atom stereocenters. The first-order valence-corrected chi connectivity index (χ1v) is 6.68. The van der Waals surface area contributed by atoms with Gasteiger partial charge in [-0.2, -0.15) is 0 Å². The van der Waals surface area contributed by atoms with Gasteiger partial charge in [0.25, 0.3) is 0 Å². The van der Waals surface area contributed by atoms with Gasteiger partial charge < -0.3 is 5.73 Å². The molecule has 0 bridgehead atoms. The van der Waals surface area contributed by atoms with E-state index in [0.717, 1.165) is 33.3 Å². The molecule has 0 radical (unpaired) electrons. The molecular weight excluding hydrogens is 262 g/mol. The monoisotopic (exact) mass is 277 g/mol. The van der Waals surface area contributed by atoms with Crippen molar-refractivity contribution in [2.75, 3.05) is 0 Å². The number of amides is 1. The number of aryl methyl sites for hydroxylation is 1. The summed E-state index contributed by atoms with van der Waals surface area (Å²) >= 11 is 0. The van der Waals surface area contributed by atoms with Crippen LogP contribution in [0.15, 0.2) is 42.7 Å². The number of aromatic nitrogens is 2. The molecule has 2 aromatic heterocycles. The summed E-state index contributed by atoms with van der Waals surface area (Å²) < 4.78 is 0. The quantitative estimate of drug-likeness (QED) is 0.782. The van der Waals surface area contributed by atoms with Crippen LogP contribution in [0, 0.1) is 13.8 Å². The molecule has 0 aliphatic carbocycles. The first-order chi connectivity index (χ1) is 10.1. The number of hydrogen-bond acceptors (Lipinski definition) is 3. The van der Waals surface area contributed by atoms with Gasteiger partial charge in [0.15, 0.2) is 0 Å². The Morgan fingerprint density at radius 1 is 1.10 bits per heavy atom. The SMILES string of the molecule is Cc1cc(C(N)=O)c(C)c(-c2ccc3cnccc3c2)n1. The number of primary amides is 1. The third kappa shape index (κ3) is 2.36. The lowest BCUT2D eigenvalue weighted by atomic mass is 9.99. The fraction of sp³-hybridized carbons (Fsp3) is 0.118. The van der Waals surface area contributed by atoms with Crippen molar-refractivity contribution in [1.82, 2.24) is 9.97 Å². The number of hydrogen-bond donors (Lipinski definition) is 1. The molecule has 0 fully saturated rings. The molecule has 0 unspecified atom stereocenters. The average molecular weight is 277 g/mol. The van der Waals surface area contributed by atoms with Gasteiger partial charge in [-0.3, -0.25) is 14.8 Å². The number of rotatable bonds is 2. The molecule has 4 heteroatoms. The number of carbonyl (C=O) groups excluding carboxylic acids is 1. The Bertz CT molecular complexity index is 856. The average Bonchev–Trinajstić information content (AvgIpc) is 2.48. The van der Waals surface area contributed by atoms with Crippen molar-refractivity contribution in [3.05, 3.63) is 59.5 Å². The molecule has 0 saturated carbocycles.